The second-order valence-electron chi connectivity index (χ2n) is 14.2. The van der Waals surface area contributed by atoms with Gasteiger partial charge in [-0.05, 0) is 60.4 Å². The first kappa shape index (κ1) is 43.5. The van der Waals surface area contributed by atoms with E-state index in [-0.39, 0.29) is 63.3 Å². The summed E-state index contributed by atoms with van der Waals surface area (Å²) in [6.45, 7) is 0. The van der Waals surface area contributed by atoms with E-state index in [1.54, 1.807) is 38.6 Å². The number of anilines is 2. The maximum absolute atomic E-state index is 12.9. The Morgan fingerprint density at radius 2 is 1.10 bits per heavy atom. The van der Waals surface area contributed by atoms with Crippen molar-refractivity contribution >= 4 is 76.5 Å². The number of oxazole rings is 2. The summed E-state index contributed by atoms with van der Waals surface area (Å²) < 4.78 is 69.3. The van der Waals surface area contributed by atoms with Gasteiger partial charge in [0.1, 0.15) is 22.3 Å². The third-order valence-electron chi connectivity index (χ3n) is 9.81. The fourth-order valence-electron chi connectivity index (χ4n) is 6.76. The van der Waals surface area contributed by atoms with E-state index in [1.807, 2.05) is 60.7 Å². The molecule has 0 spiro atoms. The summed E-state index contributed by atoms with van der Waals surface area (Å²) in [7, 11) is -4.95. The molecule has 62 heavy (non-hydrogen) atoms. The van der Waals surface area contributed by atoms with Gasteiger partial charge < -0.3 is 24.4 Å². The van der Waals surface area contributed by atoms with Crippen molar-refractivity contribution in [3.63, 3.8) is 0 Å². The number of nitrogens with one attached hydrogen (secondary N) is 2. The third-order valence-corrected chi connectivity index (χ3v) is 12.9. The maximum atomic E-state index is 12.9. The highest BCUT2D eigenvalue weighted by molar-refractivity contribution is 9.10. The van der Waals surface area contributed by atoms with Crippen LogP contribution in [0.25, 0.3) is 0 Å². The van der Waals surface area contributed by atoms with E-state index < -0.39 is 31.6 Å². The number of amidine groups is 2. The summed E-state index contributed by atoms with van der Waals surface area (Å²) in [5, 5.41) is 5.64. The van der Waals surface area contributed by atoms with Crippen LogP contribution < -0.4 is 10.6 Å². The molecular formula is C43H38BrN7O9S2. The molecule has 8 rings (SSSR count). The summed E-state index contributed by atoms with van der Waals surface area (Å²) in [5.74, 6) is -1.13. The number of rotatable bonds is 13. The lowest BCUT2D eigenvalue weighted by Crippen LogP contribution is -2.29. The number of hydrogen-bond donors (Lipinski definition) is 2. The predicted octanol–water partition coefficient (Wildman–Crippen LogP) is 7.20. The molecular weight excluding hydrogens is 903 g/mol. The van der Waals surface area contributed by atoms with Crippen LogP contribution >= 0.6 is 15.9 Å². The number of nitrogens with zero attached hydrogens (tertiary/aromatic N) is 5. The number of amides is 1. The minimum atomic E-state index is -4.15. The Labute approximate surface area is 365 Å². The highest BCUT2D eigenvalue weighted by Crippen LogP contribution is 2.33. The molecule has 0 fully saturated rings. The molecule has 0 bridgehead atoms. The number of benzene rings is 4. The largest absolute Gasteiger partial charge is 0.448 e. The monoisotopic (exact) mass is 939 g/mol. The molecule has 2 unspecified atom stereocenters. The average molecular weight is 941 g/mol. The third kappa shape index (κ3) is 9.96. The molecule has 1 amide bonds. The first-order valence-electron chi connectivity index (χ1n) is 19.0. The minimum absolute atomic E-state index is 0.0236. The summed E-state index contributed by atoms with van der Waals surface area (Å²) in [4.78, 5) is 47.5. The van der Waals surface area contributed by atoms with Crippen LogP contribution in [0.3, 0.4) is 0 Å². The molecule has 318 valence electrons. The van der Waals surface area contributed by atoms with Crippen LogP contribution in [-0.2, 0) is 29.6 Å². The van der Waals surface area contributed by atoms with Gasteiger partial charge in [0.05, 0.1) is 35.6 Å². The van der Waals surface area contributed by atoms with E-state index in [4.69, 9.17) is 8.83 Å². The molecule has 4 aromatic carbocycles. The molecule has 2 atom stereocenters. The topological polar surface area (TPSA) is 224 Å². The number of Topliss-reactive ketones (excluding diaryl/α,β-unsaturated/α-hetero) is 2. The van der Waals surface area contributed by atoms with Crippen molar-refractivity contribution in [2.75, 3.05) is 24.7 Å². The van der Waals surface area contributed by atoms with Gasteiger partial charge in [0, 0.05) is 37.0 Å². The van der Waals surface area contributed by atoms with Crippen molar-refractivity contribution in [1.82, 2.24) is 14.9 Å². The zero-order chi connectivity index (χ0) is 44.0. The minimum Gasteiger partial charge on any atom is -0.448 e. The van der Waals surface area contributed by atoms with Crippen LogP contribution in [0.4, 0.5) is 11.4 Å². The molecule has 19 heteroatoms. The van der Waals surface area contributed by atoms with Gasteiger partial charge >= 0.3 is 0 Å². The summed E-state index contributed by atoms with van der Waals surface area (Å²) >= 11 is 3.25. The second-order valence-corrected chi connectivity index (χ2v) is 18.3. The summed E-state index contributed by atoms with van der Waals surface area (Å²) in [6.07, 6.45) is 6.91. The SMILES string of the molecule is CN(C)C(=O)c1ccc2c(c1)S(=O)(=O)N=C(C(=O)CCC(c1ccccc1)c1ncco1)N2.O=C(CCC(c1ccccc1)c1ncco1)C1=NS(=O)(=O)c2cc(Br)ccc2N1. The Kier molecular flexibility index (Phi) is 13.0. The molecule has 6 aromatic rings. The van der Waals surface area contributed by atoms with Crippen molar-refractivity contribution in [3.05, 3.63) is 155 Å². The van der Waals surface area contributed by atoms with Gasteiger partial charge in [-0.25, -0.2) is 9.97 Å². The average Bonchev–Trinajstić information content (AvgIpc) is 4.00. The lowest BCUT2D eigenvalue weighted by Gasteiger charge is -2.19. The smallest absolute Gasteiger partial charge is 0.286 e. The van der Waals surface area contributed by atoms with Gasteiger partial charge in [0.25, 0.3) is 26.0 Å². The van der Waals surface area contributed by atoms with Crippen LogP contribution in [0.15, 0.2) is 154 Å². The van der Waals surface area contributed by atoms with E-state index in [1.165, 1.54) is 41.7 Å². The molecule has 2 aromatic heterocycles. The van der Waals surface area contributed by atoms with Crippen molar-refractivity contribution < 1.29 is 40.1 Å². The molecule has 2 N–H and O–H groups in total. The summed E-state index contributed by atoms with van der Waals surface area (Å²) in [5.41, 5.74) is 2.65. The fraction of sp³-hybridized carbons (Fsp3) is 0.186. The fourth-order valence-corrected chi connectivity index (χ4v) is 9.59. The van der Waals surface area contributed by atoms with Gasteiger partial charge in [-0.1, -0.05) is 76.6 Å². The number of sulfonamides is 2. The van der Waals surface area contributed by atoms with Crippen molar-refractivity contribution in [2.45, 2.75) is 47.3 Å². The molecule has 2 aliphatic heterocycles. The van der Waals surface area contributed by atoms with Gasteiger partial charge in [-0.2, -0.15) is 16.8 Å². The van der Waals surface area contributed by atoms with Gasteiger partial charge in [0.15, 0.2) is 23.2 Å². The zero-order valence-corrected chi connectivity index (χ0v) is 36.4. The number of aromatic nitrogens is 2. The van der Waals surface area contributed by atoms with Crippen LogP contribution in [0.2, 0.25) is 0 Å². The van der Waals surface area contributed by atoms with Gasteiger partial charge in [-0.15, -0.1) is 8.80 Å². The Morgan fingerprint density at radius 3 is 1.53 bits per heavy atom. The zero-order valence-electron chi connectivity index (χ0n) is 33.1. The lowest BCUT2D eigenvalue weighted by molar-refractivity contribution is -0.113. The Bertz CT molecular complexity index is 2890. The van der Waals surface area contributed by atoms with Crippen molar-refractivity contribution in [3.8, 4) is 0 Å². The molecule has 4 heterocycles. The van der Waals surface area contributed by atoms with Crippen molar-refractivity contribution in [2.24, 2.45) is 8.80 Å². The lowest BCUT2D eigenvalue weighted by atomic mass is 9.93. The number of hydrogen-bond acceptors (Lipinski definition) is 13. The number of ketones is 2. The number of carbonyl (C=O) groups excluding carboxylic acids is 3. The highest BCUT2D eigenvalue weighted by atomic mass is 79.9. The van der Waals surface area contributed by atoms with Crippen LogP contribution in [0.5, 0.6) is 0 Å². The molecule has 0 saturated carbocycles. The predicted molar refractivity (Wildman–Crippen MR) is 233 cm³/mol. The van der Waals surface area contributed by atoms with E-state index in [9.17, 15) is 31.2 Å². The Morgan fingerprint density at radius 1 is 0.645 bits per heavy atom. The first-order valence-corrected chi connectivity index (χ1v) is 22.7. The van der Waals surface area contributed by atoms with E-state index in [0.717, 1.165) is 11.1 Å². The second kappa shape index (κ2) is 18.6. The van der Waals surface area contributed by atoms with Crippen LogP contribution in [0.1, 0.15) is 70.8 Å². The molecule has 16 nitrogen and oxygen atoms in total. The molecule has 0 radical (unpaired) electrons. The van der Waals surface area contributed by atoms with Crippen LogP contribution in [0, 0.1) is 0 Å². The van der Waals surface area contributed by atoms with Crippen molar-refractivity contribution in [1.29, 1.82) is 0 Å². The highest BCUT2D eigenvalue weighted by Gasteiger charge is 2.31. The van der Waals surface area contributed by atoms with Gasteiger partial charge in [0.2, 0.25) is 11.8 Å². The van der Waals surface area contributed by atoms with Gasteiger partial charge in [-0.3, -0.25) is 14.4 Å². The summed E-state index contributed by atoms with van der Waals surface area (Å²) in [6, 6.07) is 28.1. The molecule has 0 aliphatic carbocycles. The standard InChI is InChI=1S/C23H22N4O5S.C20H16BrN3O4S/c1-27(2)23(29)16-8-10-18-20(14-16)33(30,31)26-21(25-18)19(28)11-9-17(22-24-12-13-32-22)15-6-4-3-5-7-15;21-14-6-8-16-18(12-14)29(26,27)24-19(23-16)17(25)9-7-15(20-22-10-11-28-20)13-4-2-1-3-5-13/h3-8,10,12-14,17H,9,11H2,1-2H3,(H,25,26);1-6,8,10-12,15H,7,9H2,(H,23,24). The maximum Gasteiger partial charge on any atom is 0.286 e. The number of halogens is 1. The Hall–Kier alpha value is -6.57. The van der Waals surface area contributed by atoms with E-state index >= 15 is 0 Å². The van der Waals surface area contributed by atoms with Crippen LogP contribution in [-0.4, -0.2) is 74.9 Å². The number of fused-ring (bicyclic) bond motifs is 2. The normalized spacial score (nSPS) is 15.3. The number of carbonyl (C=O) groups is 3. The van der Waals surface area contributed by atoms with E-state index in [0.29, 0.717) is 34.8 Å². The first-order chi connectivity index (χ1) is 29.7. The quantitative estimate of drug-likeness (QED) is 0.117. The molecule has 0 saturated heterocycles. The van der Waals surface area contributed by atoms with E-state index in [2.05, 4.69) is 45.3 Å². The Balaban J connectivity index is 0.000000188. The molecule has 2 aliphatic rings.